The van der Waals surface area contributed by atoms with E-state index >= 15 is 0 Å². The molecule has 0 aliphatic rings. The van der Waals surface area contributed by atoms with Gasteiger partial charge in [-0.15, -0.1) is 0 Å². The van der Waals surface area contributed by atoms with Crippen LogP contribution in [-0.2, 0) is 4.79 Å². The van der Waals surface area contributed by atoms with Crippen LogP contribution < -0.4 is 10.6 Å². The number of benzene rings is 2. The van der Waals surface area contributed by atoms with Gasteiger partial charge in [-0.1, -0.05) is 23.4 Å². The molecule has 0 heterocycles. The van der Waals surface area contributed by atoms with Gasteiger partial charge in [-0.05, 0) is 42.5 Å². The minimum atomic E-state index is -0.199. The summed E-state index contributed by atoms with van der Waals surface area (Å²) in [4.78, 5) is 24.9. The van der Waals surface area contributed by atoms with Crippen LogP contribution in [0.5, 0.6) is 0 Å². The Hall–Kier alpha value is -1.98. The Kier molecular flexibility index (Phi) is 5.46. The lowest BCUT2D eigenvalue weighted by Gasteiger charge is -2.11. The van der Waals surface area contributed by atoms with Crippen molar-refractivity contribution < 1.29 is 9.59 Å². The van der Waals surface area contributed by atoms with E-state index in [9.17, 15) is 9.59 Å². The van der Waals surface area contributed by atoms with Crippen LogP contribution in [0.15, 0.2) is 52.3 Å². The van der Waals surface area contributed by atoms with E-state index in [1.54, 1.807) is 31.3 Å². The van der Waals surface area contributed by atoms with E-state index in [2.05, 4.69) is 10.6 Å². The monoisotopic (exact) mass is 334 g/mol. The van der Waals surface area contributed by atoms with Crippen LogP contribution in [-0.4, -0.2) is 18.9 Å². The lowest BCUT2D eigenvalue weighted by Crippen LogP contribution is -2.18. The van der Waals surface area contributed by atoms with E-state index in [4.69, 9.17) is 11.6 Å². The van der Waals surface area contributed by atoms with Crippen LogP contribution in [0.4, 0.5) is 5.69 Å². The second-order valence-corrected chi connectivity index (χ2v) is 6.08. The summed E-state index contributed by atoms with van der Waals surface area (Å²) in [6.45, 7) is 1.43. The summed E-state index contributed by atoms with van der Waals surface area (Å²) in [5.74, 6) is -0.387. The summed E-state index contributed by atoms with van der Waals surface area (Å²) in [7, 11) is 1.57. The summed E-state index contributed by atoms with van der Waals surface area (Å²) < 4.78 is 0. The Morgan fingerprint density at radius 3 is 2.36 bits per heavy atom. The summed E-state index contributed by atoms with van der Waals surface area (Å²) in [5, 5.41) is 5.99. The molecule has 0 radical (unpaired) electrons. The number of carbonyl (C=O) groups excluding carboxylic acids is 2. The molecule has 2 N–H and O–H groups in total. The van der Waals surface area contributed by atoms with Gasteiger partial charge >= 0.3 is 0 Å². The highest BCUT2D eigenvalue weighted by Gasteiger charge is 2.11. The molecular formula is C16H15ClN2O2S. The van der Waals surface area contributed by atoms with E-state index < -0.39 is 0 Å². The SMILES string of the molecule is CNC(=O)c1ccc(Sc2ccc(Cl)cc2)c(NC(C)=O)c1. The van der Waals surface area contributed by atoms with Crippen LogP contribution in [0.2, 0.25) is 5.02 Å². The first-order valence-corrected chi connectivity index (χ1v) is 7.76. The molecular weight excluding hydrogens is 320 g/mol. The Bertz CT molecular complexity index is 702. The molecule has 6 heteroatoms. The molecule has 2 aromatic rings. The van der Waals surface area contributed by atoms with Crippen LogP contribution in [0.25, 0.3) is 0 Å². The Labute approximate surface area is 138 Å². The fourth-order valence-corrected chi connectivity index (χ4v) is 2.83. The first-order valence-electron chi connectivity index (χ1n) is 6.56. The zero-order valence-corrected chi connectivity index (χ0v) is 13.7. The number of hydrogen-bond acceptors (Lipinski definition) is 3. The van der Waals surface area contributed by atoms with Crippen LogP contribution in [0, 0.1) is 0 Å². The first kappa shape index (κ1) is 16.4. The summed E-state index contributed by atoms with van der Waals surface area (Å²) in [6.07, 6.45) is 0. The number of amides is 2. The zero-order chi connectivity index (χ0) is 16.1. The topological polar surface area (TPSA) is 58.2 Å². The quantitative estimate of drug-likeness (QED) is 0.894. The van der Waals surface area contributed by atoms with Crippen molar-refractivity contribution in [2.24, 2.45) is 0 Å². The van der Waals surface area contributed by atoms with Crippen LogP contribution in [0.3, 0.4) is 0 Å². The largest absolute Gasteiger partial charge is 0.355 e. The molecule has 0 aromatic heterocycles. The number of anilines is 1. The van der Waals surface area contributed by atoms with Crippen molar-refractivity contribution in [3.8, 4) is 0 Å². The van der Waals surface area contributed by atoms with E-state index in [1.165, 1.54) is 18.7 Å². The average molecular weight is 335 g/mol. The van der Waals surface area contributed by atoms with Gasteiger partial charge in [-0.2, -0.15) is 0 Å². The summed E-state index contributed by atoms with van der Waals surface area (Å²) in [6, 6.07) is 12.6. The van der Waals surface area contributed by atoms with Gasteiger partial charge in [-0.3, -0.25) is 9.59 Å². The van der Waals surface area contributed by atoms with Crippen molar-refractivity contribution >= 4 is 40.9 Å². The van der Waals surface area contributed by atoms with E-state index in [-0.39, 0.29) is 11.8 Å². The van der Waals surface area contributed by atoms with Crippen LogP contribution >= 0.6 is 23.4 Å². The molecule has 0 aliphatic carbocycles. The lowest BCUT2D eigenvalue weighted by molar-refractivity contribution is -0.114. The maximum Gasteiger partial charge on any atom is 0.251 e. The minimum Gasteiger partial charge on any atom is -0.355 e. The van der Waals surface area contributed by atoms with Gasteiger partial charge in [0.2, 0.25) is 5.91 Å². The molecule has 0 spiro atoms. The second-order valence-electron chi connectivity index (χ2n) is 4.53. The highest BCUT2D eigenvalue weighted by Crippen LogP contribution is 2.34. The molecule has 2 amide bonds. The third-order valence-electron chi connectivity index (χ3n) is 2.82. The van der Waals surface area contributed by atoms with E-state index in [1.807, 2.05) is 18.2 Å². The lowest BCUT2D eigenvalue weighted by atomic mass is 10.2. The van der Waals surface area contributed by atoms with E-state index in [0.29, 0.717) is 16.3 Å². The summed E-state index contributed by atoms with van der Waals surface area (Å²) >= 11 is 7.36. The highest BCUT2D eigenvalue weighted by atomic mass is 35.5. The second kappa shape index (κ2) is 7.33. The van der Waals surface area contributed by atoms with E-state index in [0.717, 1.165) is 9.79 Å². The van der Waals surface area contributed by atoms with Gasteiger partial charge in [0.25, 0.3) is 5.91 Å². The number of halogens is 1. The third kappa shape index (κ3) is 4.26. The van der Waals surface area contributed by atoms with Crippen molar-refractivity contribution in [1.29, 1.82) is 0 Å². The first-order chi connectivity index (χ1) is 10.5. The van der Waals surface area contributed by atoms with Crippen molar-refractivity contribution in [2.75, 3.05) is 12.4 Å². The van der Waals surface area contributed by atoms with Crippen molar-refractivity contribution in [1.82, 2.24) is 5.32 Å². The third-order valence-corrected chi connectivity index (χ3v) is 4.16. The smallest absolute Gasteiger partial charge is 0.251 e. The molecule has 0 atom stereocenters. The number of hydrogen-bond donors (Lipinski definition) is 2. The molecule has 2 aromatic carbocycles. The van der Waals surface area contributed by atoms with Gasteiger partial charge in [0.05, 0.1) is 5.69 Å². The summed E-state index contributed by atoms with van der Waals surface area (Å²) in [5.41, 5.74) is 1.10. The molecule has 2 rings (SSSR count). The predicted octanol–water partition coefficient (Wildman–Crippen LogP) is 3.81. The van der Waals surface area contributed by atoms with Crippen LogP contribution in [0.1, 0.15) is 17.3 Å². The Morgan fingerprint density at radius 1 is 1.09 bits per heavy atom. The number of carbonyl (C=O) groups is 2. The molecule has 0 saturated heterocycles. The molecule has 0 saturated carbocycles. The van der Waals surface area contributed by atoms with Crippen molar-refractivity contribution in [3.63, 3.8) is 0 Å². The molecule has 4 nitrogen and oxygen atoms in total. The maximum absolute atomic E-state index is 11.7. The standard InChI is InChI=1S/C16H15ClN2O2S/c1-10(20)19-14-9-11(16(21)18-2)3-8-15(14)22-13-6-4-12(17)5-7-13/h3-9H,1-2H3,(H,18,21)(H,19,20). The van der Waals surface area contributed by atoms with Gasteiger partial charge in [0.15, 0.2) is 0 Å². The van der Waals surface area contributed by atoms with Gasteiger partial charge < -0.3 is 10.6 Å². The Balaban J connectivity index is 2.34. The maximum atomic E-state index is 11.7. The van der Waals surface area contributed by atoms with Gasteiger partial charge in [0.1, 0.15) is 0 Å². The average Bonchev–Trinajstić information content (AvgIpc) is 2.50. The molecule has 0 unspecified atom stereocenters. The molecule has 114 valence electrons. The number of rotatable bonds is 4. The molecule has 0 aliphatic heterocycles. The zero-order valence-electron chi connectivity index (χ0n) is 12.1. The highest BCUT2D eigenvalue weighted by molar-refractivity contribution is 7.99. The molecule has 22 heavy (non-hydrogen) atoms. The number of nitrogens with one attached hydrogen (secondary N) is 2. The fourth-order valence-electron chi connectivity index (χ4n) is 1.82. The van der Waals surface area contributed by atoms with Crippen molar-refractivity contribution in [2.45, 2.75) is 16.7 Å². The van der Waals surface area contributed by atoms with Gasteiger partial charge in [0, 0.05) is 34.3 Å². The normalized spacial score (nSPS) is 10.1. The Morgan fingerprint density at radius 2 is 1.77 bits per heavy atom. The van der Waals surface area contributed by atoms with Gasteiger partial charge in [-0.25, -0.2) is 0 Å². The minimum absolute atomic E-state index is 0.188. The molecule has 0 fully saturated rings. The van der Waals surface area contributed by atoms with Crippen molar-refractivity contribution in [3.05, 3.63) is 53.1 Å². The fraction of sp³-hybridized carbons (Fsp3) is 0.125. The molecule has 0 bridgehead atoms. The predicted molar refractivity (Wildman–Crippen MR) is 89.7 cm³/mol.